The van der Waals surface area contributed by atoms with Crippen LogP contribution in [0.3, 0.4) is 0 Å². The average Bonchev–Trinajstić information content (AvgIpc) is 3.19. The van der Waals surface area contributed by atoms with Crippen LogP contribution in [0.15, 0.2) is 64.0 Å². The molecule has 13 heteroatoms. The van der Waals surface area contributed by atoms with Crippen molar-refractivity contribution in [3.63, 3.8) is 0 Å². The lowest BCUT2D eigenvalue weighted by molar-refractivity contribution is -0.137. The van der Waals surface area contributed by atoms with Crippen molar-refractivity contribution >= 4 is 0 Å². The molecule has 0 aliphatic rings. The maximum absolute atomic E-state index is 12.8. The highest BCUT2D eigenvalue weighted by molar-refractivity contribution is 5.35. The van der Waals surface area contributed by atoms with E-state index in [0.29, 0.717) is 0 Å². The molecule has 0 saturated carbocycles. The Bertz CT molecular complexity index is 1250. The maximum atomic E-state index is 12.8. The van der Waals surface area contributed by atoms with Crippen LogP contribution in [0, 0.1) is 0 Å². The topological polar surface area (TPSA) is 110 Å². The molecule has 2 heterocycles. The highest BCUT2D eigenvalue weighted by Gasteiger charge is 2.30. The summed E-state index contributed by atoms with van der Waals surface area (Å²) in [6, 6.07) is 4.02. The smallest absolute Gasteiger partial charge is 0.247 e. The average molecular weight is 435 g/mol. The molecule has 0 aliphatic carbocycles. The van der Waals surface area contributed by atoms with Gasteiger partial charge in [0.05, 0.1) is 30.9 Å². The quantitative estimate of drug-likeness (QED) is 0.503. The van der Waals surface area contributed by atoms with Gasteiger partial charge < -0.3 is 0 Å². The standard InChI is InChI=1S/C18H16F3N7O3/c1-3-9-25-15(29)26(10-4-2)17(31)27(16(25)30)11-14-22-23-24-28(14)13-7-5-12(6-8-13)18(19,20)21/h3-8H,1-2,9-11H2. The van der Waals surface area contributed by atoms with Gasteiger partial charge in [0.2, 0.25) is 0 Å². The minimum Gasteiger partial charge on any atom is -0.247 e. The fourth-order valence-corrected chi connectivity index (χ4v) is 2.83. The van der Waals surface area contributed by atoms with E-state index in [1.807, 2.05) is 0 Å². The molecule has 10 nitrogen and oxygen atoms in total. The minimum atomic E-state index is -4.51. The summed E-state index contributed by atoms with van der Waals surface area (Å²) in [5, 5.41) is 11.0. The van der Waals surface area contributed by atoms with Crippen molar-refractivity contribution in [3.05, 3.63) is 92.4 Å². The predicted molar refractivity (Wildman–Crippen MR) is 103 cm³/mol. The summed E-state index contributed by atoms with van der Waals surface area (Å²) in [4.78, 5) is 37.9. The zero-order valence-corrected chi connectivity index (χ0v) is 16.0. The van der Waals surface area contributed by atoms with Gasteiger partial charge in [0, 0.05) is 0 Å². The molecule has 162 valence electrons. The van der Waals surface area contributed by atoms with Crippen LogP contribution < -0.4 is 17.1 Å². The highest BCUT2D eigenvalue weighted by Crippen LogP contribution is 2.29. The molecule has 0 aliphatic heterocycles. The Hall–Kier alpha value is -4.03. The molecule has 3 aromatic rings. The number of hydrogen-bond donors (Lipinski definition) is 0. The summed E-state index contributed by atoms with van der Waals surface area (Å²) in [5.41, 5.74) is -3.31. The van der Waals surface area contributed by atoms with Crippen molar-refractivity contribution in [3.8, 4) is 5.69 Å². The van der Waals surface area contributed by atoms with E-state index in [9.17, 15) is 27.6 Å². The van der Waals surface area contributed by atoms with E-state index >= 15 is 0 Å². The first-order valence-electron chi connectivity index (χ1n) is 8.80. The molecule has 0 radical (unpaired) electrons. The van der Waals surface area contributed by atoms with Crippen LogP contribution in [0.1, 0.15) is 11.4 Å². The second kappa shape index (κ2) is 8.38. The molecule has 31 heavy (non-hydrogen) atoms. The first kappa shape index (κ1) is 21.7. The van der Waals surface area contributed by atoms with Gasteiger partial charge in [0.25, 0.3) is 0 Å². The third-order valence-electron chi connectivity index (χ3n) is 4.28. The van der Waals surface area contributed by atoms with Crippen molar-refractivity contribution in [1.29, 1.82) is 0 Å². The molecule has 0 unspecified atom stereocenters. The largest absolute Gasteiger partial charge is 0.416 e. The summed E-state index contributed by atoms with van der Waals surface area (Å²) >= 11 is 0. The van der Waals surface area contributed by atoms with Gasteiger partial charge in [-0.3, -0.25) is 0 Å². The van der Waals surface area contributed by atoms with Crippen LogP contribution in [0.5, 0.6) is 0 Å². The summed E-state index contributed by atoms with van der Waals surface area (Å²) in [6.07, 6.45) is -1.87. The Kier molecular flexibility index (Phi) is 5.86. The molecule has 2 aromatic heterocycles. The number of benzene rings is 1. The van der Waals surface area contributed by atoms with E-state index in [1.165, 1.54) is 12.2 Å². The number of nitrogens with zero attached hydrogens (tertiary/aromatic N) is 7. The second-order valence-electron chi connectivity index (χ2n) is 6.28. The number of rotatable bonds is 7. The van der Waals surface area contributed by atoms with Gasteiger partial charge in [0.1, 0.15) is 0 Å². The number of aromatic nitrogens is 7. The van der Waals surface area contributed by atoms with Gasteiger partial charge in [-0.25, -0.2) is 28.1 Å². The monoisotopic (exact) mass is 435 g/mol. The van der Waals surface area contributed by atoms with Gasteiger partial charge in [-0.2, -0.15) is 17.9 Å². The van der Waals surface area contributed by atoms with E-state index in [1.54, 1.807) is 0 Å². The lowest BCUT2D eigenvalue weighted by Crippen LogP contribution is -2.54. The van der Waals surface area contributed by atoms with Crippen molar-refractivity contribution in [1.82, 2.24) is 33.9 Å². The Morgan fingerprint density at radius 3 is 1.87 bits per heavy atom. The first-order valence-corrected chi connectivity index (χ1v) is 8.80. The first-order chi connectivity index (χ1) is 14.7. The number of tetrazole rings is 1. The molecule has 0 bridgehead atoms. The fourth-order valence-electron chi connectivity index (χ4n) is 2.83. The van der Waals surface area contributed by atoms with Gasteiger partial charge in [-0.05, 0) is 34.7 Å². The van der Waals surface area contributed by atoms with Crippen molar-refractivity contribution in [2.45, 2.75) is 25.8 Å². The van der Waals surface area contributed by atoms with E-state index in [4.69, 9.17) is 0 Å². The summed E-state index contributed by atoms with van der Waals surface area (Å²) in [7, 11) is 0. The fraction of sp³-hybridized carbons (Fsp3) is 0.222. The van der Waals surface area contributed by atoms with E-state index in [2.05, 4.69) is 28.7 Å². The Balaban J connectivity index is 2.09. The summed E-state index contributed by atoms with van der Waals surface area (Å²) < 4.78 is 41.8. The van der Waals surface area contributed by atoms with Crippen LogP contribution in [0.4, 0.5) is 13.2 Å². The number of halogens is 3. The third kappa shape index (κ3) is 4.15. The molecule has 0 spiro atoms. The maximum Gasteiger partial charge on any atom is 0.416 e. The van der Waals surface area contributed by atoms with Crippen molar-refractivity contribution < 1.29 is 13.2 Å². The zero-order chi connectivity index (χ0) is 22.8. The molecule has 3 rings (SSSR count). The molecule has 1 aromatic carbocycles. The Morgan fingerprint density at radius 2 is 1.39 bits per heavy atom. The highest BCUT2D eigenvalue weighted by atomic mass is 19.4. The van der Waals surface area contributed by atoms with E-state index < -0.39 is 35.4 Å². The number of alkyl halides is 3. The normalized spacial score (nSPS) is 11.5. The van der Waals surface area contributed by atoms with Crippen LogP contribution >= 0.6 is 0 Å². The second-order valence-corrected chi connectivity index (χ2v) is 6.28. The van der Waals surface area contributed by atoms with Crippen LogP contribution in [0.2, 0.25) is 0 Å². The minimum absolute atomic E-state index is 0.00656. The summed E-state index contributed by atoms with van der Waals surface area (Å²) in [6.45, 7) is 6.27. The zero-order valence-electron chi connectivity index (χ0n) is 16.0. The third-order valence-corrected chi connectivity index (χ3v) is 4.28. The lowest BCUT2D eigenvalue weighted by atomic mass is 10.2. The molecule has 0 atom stereocenters. The number of allylic oxidation sites excluding steroid dienone is 2. The van der Waals surface area contributed by atoms with E-state index in [0.717, 1.165) is 42.6 Å². The predicted octanol–water partition coefficient (Wildman–Crippen LogP) is 0.587. The SMILES string of the molecule is C=CCn1c(=O)n(CC=C)c(=O)n(Cc2nnnn2-c2ccc(C(F)(F)F)cc2)c1=O. The summed E-state index contributed by atoms with van der Waals surface area (Å²) in [5.74, 6) is -0.00656. The van der Waals surface area contributed by atoms with Crippen LogP contribution in [-0.2, 0) is 25.8 Å². The Labute approximate surface area is 171 Å². The van der Waals surface area contributed by atoms with E-state index in [-0.39, 0.29) is 24.6 Å². The molecule has 0 saturated heterocycles. The number of hydrogen-bond acceptors (Lipinski definition) is 6. The van der Waals surface area contributed by atoms with Gasteiger partial charge in [-0.1, -0.05) is 12.2 Å². The van der Waals surface area contributed by atoms with Gasteiger partial charge in [-0.15, -0.1) is 18.3 Å². The Morgan fingerprint density at radius 1 is 0.871 bits per heavy atom. The van der Waals surface area contributed by atoms with Gasteiger partial charge >= 0.3 is 23.2 Å². The van der Waals surface area contributed by atoms with Crippen LogP contribution in [0.25, 0.3) is 5.69 Å². The molecule has 0 amide bonds. The molecule has 0 fully saturated rings. The van der Waals surface area contributed by atoms with Crippen LogP contribution in [-0.4, -0.2) is 33.9 Å². The molecular weight excluding hydrogens is 419 g/mol. The lowest BCUT2D eigenvalue weighted by Gasteiger charge is -2.12. The van der Waals surface area contributed by atoms with Crippen molar-refractivity contribution in [2.75, 3.05) is 0 Å². The molecular formula is C18H16F3N7O3. The van der Waals surface area contributed by atoms with Crippen molar-refractivity contribution in [2.24, 2.45) is 0 Å². The molecule has 0 N–H and O–H groups in total. The van der Waals surface area contributed by atoms with Gasteiger partial charge in [0.15, 0.2) is 5.82 Å².